The maximum atomic E-state index is 14.1. The molecule has 0 bridgehead atoms. The number of imide groups is 1. The summed E-state index contributed by atoms with van der Waals surface area (Å²) in [5, 5.41) is 4.32. The third-order valence-electron chi connectivity index (χ3n) is 4.67. The van der Waals surface area contributed by atoms with Crippen LogP contribution in [0.4, 0.5) is 20.3 Å². The molecule has 142 valence electrons. The number of aryl methyl sites for hydroxylation is 1. The zero-order chi connectivity index (χ0) is 20.0. The monoisotopic (exact) mass is 383 g/mol. The molecule has 0 unspecified atom stereocenters. The van der Waals surface area contributed by atoms with Crippen molar-refractivity contribution in [3.05, 3.63) is 65.5 Å². The van der Waals surface area contributed by atoms with Gasteiger partial charge in [-0.05, 0) is 31.2 Å². The lowest BCUT2D eigenvalue weighted by atomic mass is 9.97. The van der Waals surface area contributed by atoms with Crippen molar-refractivity contribution in [1.82, 2.24) is 14.8 Å². The van der Waals surface area contributed by atoms with E-state index < -0.39 is 35.1 Å². The summed E-state index contributed by atoms with van der Waals surface area (Å²) in [5.41, 5.74) is 6.31. The lowest BCUT2D eigenvalue weighted by Crippen LogP contribution is -2.32. The Morgan fingerprint density at radius 1 is 1.11 bits per heavy atom. The first-order chi connectivity index (χ1) is 13.4. The molecule has 1 atom stereocenters. The van der Waals surface area contributed by atoms with Crippen LogP contribution in [0, 0.1) is 18.6 Å². The standard InChI is InChI=1S/C19H15F2N5O2/c1-10-16(18(22)26(24-10)14-7-2-3-8-23-14)11-9-15(27)25(19(11)28)17-12(20)5-4-6-13(17)21/h2-8,11H,9,22H2,1H3/t11-/m0/s1. The van der Waals surface area contributed by atoms with Crippen molar-refractivity contribution < 1.29 is 18.4 Å². The quantitative estimate of drug-likeness (QED) is 0.702. The third-order valence-corrected chi connectivity index (χ3v) is 4.67. The van der Waals surface area contributed by atoms with Crippen LogP contribution in [-0.2, 0) is 9.59 Å². The van der Waals surface area contributed by atoms with Crippen LogP contribution in [0.25, 0.3) is 5.82 Å². The molecular weight excluding hydrogens is 368 g/mol. The van der Waals surface area contributed by atoms with E-state index in [4.69, 9.17) is 5.73 Å². The lowest BCUT2D eigenvalue weighted by molar-refractivity contribution is -0.121. The second-order valence-corrected chi connectivity index (χ2v) is 6.38. The van der Waals surface area contributed by atoms with E-state index in [2.05, 4.69) is 10.1 Å². The van der Waals surface area contributed by atoms with Crippen LogP contribution in [0.15, 0.2) is 42.6 Å². The first-order valence-electron chi connectivity index (χ1n) is 8.47. The van der Waals surface area contributed by atoms with Crippen molar-refractivity contribution in [3.8, 4) is 5.82 Å². The molecular formula is C19H15F2N5O2. The Labute approximate surface area is 158 Å². The van der Waals surface area contributed by atoms with E-state index in [0.29, 0.717) is 22.0 Å². The molecule has 1 fully saturated rings. The summed E-state index contributed by atoms with van der Waals surface area (Å²) < 4.78 is 29.6. The number of hydrogen-bond acceptors (Lipinski definition) is 5. The largest absolute Gasteiger partial charge is 0.383 e. The summed E-state index contributed by atoms with van der Waals surface area (Å²) in [7, 11) is 0. The lowest BCUT2D eigenvalue weighted by Gasteiger charge is -2.16. The van der Waals surface area contributed by atoms with Gasteiger partial charge in [0, 0.05) is 18.2 Å². The van der Waals surface area contributed by atoms with E-state index in [1.165, 1.54) is 4.68 Å². The summed E-state index contributed by atoms with van der Waals surface area (Å²) >= 11 is 0. The van der Waals surface area contributed by atoms with Crippen LogP contribution < -0.4 is 10.6 Å². The number of benzene rings is 1. The number of halogens is 2. The van der Waals surface area contributed by atoms with Crippen LogP contribution in [0.2, 0.25) is 0 Å². The average Bonchev–Trinajstić information content (AvgIpc) is 3.12. The van der Waals surface area contributed by atoms with Gasteiger partial charge in [0.05, 0.1) is 11.6 Å². The van der Waals surface area contributed by atoms with E-state index in [9.17, 15) is 18.4 Å². The molecule has 1 aliphatic heterocycles. The van der Waals surface area contributed by atoms with Crippen LogP contribution in [-0.4, -0.2) is 26.6 Å². The minimum Gasteiger partial charge on any atom is -0.383 e. The van der Waals surface area contributed by atoms with Crippen molar-refractivity contribution >= 4 is 23.3 Å². The number of nitrogens with two attached hydrogens (primary N) is 1. The van der Waals surface area contributed by atoms with Gasteiger partial charge < -0.3 is 5.73 Å². The van der Waals surface area contributed by atoms with Gasteiger partial charge in [0.2, 0.25) is 11.8 Å². The maximum Gasteiger partial charge on any atom is 0.242 e. The number of pyridine rings is 1. The normalized spacial score (nSPS) is 16.8. The molecule has 4 rings (SSSR count). The van der Waals surface area contributed by atoms with Crippen LogP contribution >= 0.6 is 0 Å². The van der Waals surface area contributed by atoms with Gasteiger partial charge >= 0.3 is 0 Å². The van der Waals surface area contributed by atoms with Crippen molar-refractivity contribution in [2.75, 3.05) is 10.6 Å². The number of rotatable bonds is 3. The molecule has 28 heavy (non-hydrogen) atoms. The zero-order valence-electron chi connectivity index (χ0n) is 14.8. The number of carbonyl (C=O) groups is 2. The van der Waals surface area contributed by atoms with Gasteiger partial charge in [-0.25, -0.2) is 18.7 Å². The fourth-order valence-corrected chi connectivity index (χ4v) is 3.44. The highest BCUT2D eigenvalue weighted by molar-refractivity contribution is 6.23. The van der Waals surface area contributed by atoms with Gasteiger partial charge in [0.1, 0.15) is 23.1 Å². The summed E-state index contributed by atoms with van der Waals surface area (Å²) in [6, 6.07) is 8.32. The van der Waals surface area contributed by atoms with Crippen molar-refractivity contribution in [2.45, 2.75) is 19.3 Å². The Bertz CT molecular complexity index is 1080. The molecule has 3 heterocycles. The fourth-order valence-electron chi connectivity index (χ4n) is 3.44. The highest BCUT2D eigenvalue weighted by atomic mass is 19.1. The molecule has 3 aromatic rings. The van der Waals surface area contributed by atoms with Gasteiger partial charge in [0.15, 0.2) is 5.82 Å². The third kappa shape index (κ3) is 2.63. The average molecular weight is 383 g/mol. The minimum absolute atomic E-state index is 0.151. The Morgan fingerprint density at radius 2 is 1.82 bits per heavy atom. The van der Waals surface area contributed by atoms with E-state index in [1.54, 1.807) is 31.3 Å². The molecule has 0 spiro atoms. The first kappa shape index (κ1) is 17.8. The zero-order valence-corrected chi connectivity index (χ0v) is 14.8. The second kappa shape index (κ2) is 6.52. The Morgan fingerprint density at radius 3 is 2.46 bits per heavy atom. The minimum atomic E-state index is -0.990. The molecule has 0 radical (unpaired) electrons. The summed E-state index contributed by atoms with van der Waals surface area (Å²) in [6.45, 7) is 1.65. The number of anilines is 2. The predicted molar refractivity (Wildman–Crippen MR) is 96.7 cm³/mol. The number of aromatic nitrogens is 3. The van der Waals surface area contributed by atoms with Gasteiger partial charge in [-0.1, -0.05) is 12.1 Å². The predicted octanol–water partition coefficient (Wildman–Crippen LogP) is 2.48. The summed E-state index contributed by atoms with van der Waals surface area (Å²) in [6.07, 6.45) is 1.31. The molecule has 0 aliphatic carbocycles. The van der Waals surface area contributed by atoms with Crippen LogP contribution in [0.1, 0.15) is 23.6 Å². The van der Waals surface area contributed by atoms with Crippen molar-refractivity contribution in [3.63, 3.8) is 0 Å². The molecule has 2 amide bonds. The van der Waals surface area contributed by atoms with E-state index in [-0.39, 0.29) is 12.2 Å². The fraction of sp³-hybridized carbons (Fsp3) is 0.158. The molecule has 0 saturated carbocycles. The highest BCUT2D eigenvalue weighted by Crippen LogP contribution is 2.39. The maximum absolute atomic E-state index is 14.1. The molecule has 9 heteroatoms. The van der Waals surface area contributed by atoms with Gasteiger partial charge in [-0.2, -0.15) is 9.78 Å². The van der Waals surface area contributed by atoms with Crippen molar-refractivity contribution in [2.24, 2.45) is 0 Å². The molecule has 1 saturated heterocycles. The highest BCUT2D eigenvalue weighted by Gasteiger charge is 2.45. The second-order valence-electron chi connectivity index (χ2n) is 6.38. The smallest absolute Gasteiger partial charge is 0.242 e. The molecule has 2 aromatic heterocycles. The van der Waals surface area contributed by atoms with E-state index in [0.717, 1.165) is 18.2 Å². The van der Waals surface area contributed by atoms with Gasteiger partial charge in [-0.15, -0.1) is 0 Å². The van der Waals surface area contributed by atoms with E-state index in [1.807, 2.05) is 0 Å². The molecule has 1 aliphatic rings. The van der Waals surface area contributed by atoms with Crippen LogP contribution in [0.3, 0.4) is 0 Å². The van der Waals surface area contributed by atoms with Gasteiger partial charge in [-0.3, -0.25) is 9.59 Å². The number of carbonyl (C=O) groups excluding carboxylic acids is 2. The topological polar surface area (TPSA) is 94.1 Å². The number of hydrogen-bond donors (Lipinski definition) is 1. The van der Waals surface area contributed by atoms with Crippen molar-refractivity contribution in [1.29, 1.82) is 0 Å². The van der Waals surface area contributed by atoms with Gasteiger partial charge in [0.25, 0.3) is 0 Å². The molecule has 7 nitrogen and oxygen atoms in total. The SMILES string of the molecule is Cc1nn(-c2ccccn2)c(N)c1[C@@H]1CC(=O)N(c2c(F)cccc2F)C1=O. The van der Waals surface area contributed by atoms with E-state index >= 15 is 0 Å². The molecule has 2 N–H and O–H groups in total. The Hall–Kier alpha value is -3.62. The first-order valence-corrected chi connectivity index (χ1v) is 8.47. The number of nitrogen functional groups attached to an aromatic ring is 1. The molecule has 1 aromatic carbocycles. The van der Waals surface area contributed by atoms with Crippen LogP contribution in [0.5, 0.6) is 0 Å². The number of para-hydroxylation sites is 1. The Balaban J connectivity index is 1.77. The Kier molecular flexibility index (Phi) is 4.14. The number of nitrogens with zero attached hydrogens (tertiary/aromatic N) is 4. The summed E-state index contributed by atoms with van der Waals surface area (Å²) in [5.74, 6) is -3.81. The summed E-state index contributed by atoms with van der Waals surface area (Å²) in [4.78, 5) is 30.1. The number of amides is 2.